The molecule has 0 atom stereocenters. The molecule has 0 saturated carbocycles. The first-order chi connectivity index (χ1) is 14.2. The molecule has 2 heterocycles. The van der Waals surface area contributed by atoms with Crippen molar-refractivity contribution in [1.29, 1.82) is 0 Å². The Bertz CT molecular complexity index is 1110. The predicted molar refractivity (Wildman–Crippen MR) is 110 cm³/mol. The molecule has 0 radical (unpaired) electrons. The van der Waals surface area contributed by atoms with Gasteiger partial charge in [-0.3, -0.25) is 4.57 Å². The SMILES string of the molecule is COc1cc2nc(-n3ccnc3)nc(CCOc3ccccc3)c2c(N)c1OC. The Morgan fingerprint density at radius 1 is 1.07 bits per heavy atom. The van der Waals surface area contributed by atoms with Crippen LogP contribution in [0, 0.1) is 0 Å². The Morgan fingerprint density at radius 3 is 2.59 bits per heavy atom. The maximum absolute atomic E-state index is 6.41. The van der Waals surface area contributed by atoms with E-state index in [9.17, 15) is 0 Å². The van der Waals surface area contributed by atoms with Crippen molar-refractivity contribution < 1.29 is 14.2 Å². The maximum Gasteiger partial charge on any atom is 0.235 e. The van der Waals surface area contributed by atoms with E-state index in [-0.39, 0.29) is 0 Å². The number of methoxy groups -OCH3 is 2. The molecule has 29 heavy (non-hydrogen) atoms. The van der Waals surface area contributed by atoms with Crippen LogP contribution in [0.2, 0.25) is 0 Å². The topological polar surface area (TPSA) is 97.3 Å². The van der Waals surface area contributed by atoms with Gasteiger partial charge < -0.3 is 19.9 Å². The molecule has 0 aliphatic carbocycles. The molecule has 2 N–H and O–H groups in total. The van der Waals surface area contributed by atoms with Gasteiger partial charge >= 0.3 is 0 Å². The summed E-state index contributed by atoms with van der Waals surface area (Å²) in [4.78, 5) is 13.4. The number of fused-ring (bicyclic) bond motifs is 1. The summed E-state index contributed by atoms with van der Waals surface area (Å²) < 4.78 is 18.5. The van der Waals surface area contributed by atoms with Gasteiger partial charge in [-0.15, -0.1) is 0 Å². The number of para-hydroxylation sites is 1. The second kappa shape index (κ2) is 8.05. The third-order valence-corrected chi connectivity index (χ3v) is 4.52. The number of imidazole rings is 1. The molecule has 2 aromatic carbocycles. The van der Waals surface area contributed by atoms with Crippen LogP contribution in [0.1, 0.15) is 5.69 Å². The molecule has 148 valence electrons. The van der Waals surface area contributed by atoms with E-state index >= 15 is 0 Å². The standard InChI is InChI=1S/C21H21N5O3/c1-27-17-12-16-18(19(22)20(17)28-2)15(8-11-29-14-6-4-3-5-7-14)24-21(25-16)26-10-9-23-13-26/h3-7,9-10,12-13H,8,11,22H2,1-2H3. The van der Waals surface area contributed by atoms with Crippen LogP contribution < -0.4 is 19.9 Å². The minimum absolute atomic E-state index is 0.438. The molecule has 8 nitrogen and oxygen atoms in total. The largest absolute Gasteiger partial charge is 0.493 e. The molecule has 2 aromatic heterocycles. The zero-order chi connectivity index (χ0) is 20.2. The zero-order valence-corrected chi connectivity index (χ0v) is 16.2. The van der Waals surface area contributed by atoms with Gasteiger partial charge in [0.1, 0.15) is 12.1 Å². The van der Waals surface area contributed by atoms with Crippen LogP contribution >= 0.6 is 0 Å². The normalized spacial score (nSPS) is 10.8. The van der Waals surface area contributed by atoms with Crippen LogP contribution in [-0.4, -0.2) is 40.3 Å². The number of rotatable bonds is 7. The Balaban J connectivity index is 1.78. The smallest absolute Gasteiger partial charge is 0.235 e. The van der Waals surface area contributed by atoms with Gasteiger partial charge in [0.2, 0.25) is 5.95 Å². The lowest BCUT2D eigenvalue weighted by Crippen LogP contribution is -2.10. The molecule has 8 heteroatoms. The third kappa shape index (κ3) is 3.64. The van der Waals surface area contributed by atoms with E-state index in [4.69, 9.17) is 24.9 Å². The lowest BCUT2D eigenvalue weighted by Gasteiger charge is -2.16. The third-order valence-electron chi connectivity index (χ3n) is 4.52. The number of hydrogen-bond acceptors (Lipinski definition) is 7. The van der Waals surface area contributed by atoms with Gasteiger partial charge in [0.05, 0.1) is 37.7 Å². The zero-order valence-electron chi connectivity index (χ0n) is 16.2. The average molecular weight is 391 g/mol. The van der Waals surface area contributed by atoms with Crippen molar-refractivity contribution in [1.82, 2.24) is 19.5 Å². The van der Waals surface area contributed by atoms with Crippen LogP contribution in [0.3, 0.4) is 0 Å². The summed E-state index contributed by atoms with van der Waals surface area (Å²) in [5, 5.41) is 0.725. The minimum Gasteiger partial charge on any atom is -0.493 e. The molecule has 0 fully saturated rings. The van der Waals surface area contributed by atoms with Crippen LogP contribution in [0.25, 0.3) is 16.9 Å². The molecular weight excluding hydrogens is 370 g/mol. The number of nitrogens with two attached hydrogens (primary N) is 1. The van der Waals surface area contributed by atoms with Crippen molar-refractivity contribution in [3.8, 4) is 23.2 Å². The molecule has 0 amide bonds. The van der Waals surface area contributed by atoms with E-state index in [1.807, 2.05) is 30.3 Å². The van der Waals surface area contributed by atoms with Gasteiger partial charge in [-0.25, -0.2) is 15.0 Å². The fourth-order valence-corrected chi connectivity index (χ4v) is 3.17. The van der Waals surface area contributed by atoms with Gasteiger partial charge in [-0.2, -0.15) is 0 Å². The number of benzene rings is 2. The molecule has 0 aliphatic rings. The van der Waals surface area contributed by atoms with Gasteiger partial charge in [0.15, 0.2) is 11.5 Å². The lowest BCUT2D eigenvalue weighted by molar-refractivity contribution is 0.321. The summed E-state index contributed by atoms with van der Waals surface area (Å²) in [6.07, 6.45) is 5.65. The van der Waals surface area contributed by atoms with Gasteiger partial charge in [0.25, 0.3) is 0 Å². The fraction of sp³-hybridized carbons (Fsp3) is 0.190. The Morgan fingerprint density at radius 2 is 1.90 bits per heavy atom. The van der Waals surface area contributed by atoms with Crippen LogP contribution in [0.4, 0.5) is 5.69 Å². The minimum atomic E-state index is 0.438. The maximum atomic E-state index is 6.41. The van der Waals surface area contributed by atoms with E-state index in [0.29, 0.717) is 41.7 Å². The van der Waals surface area contributed by atoms with E-state index in [0.717, 1.165) is 16.8 Å². The van der Waals surface area contributed by atoms with Crippen LogP contribution in [0.5, 0.6) is 17.2 Å². The summed E-state index contributed by atoms with van der Waals surface area (Å²) in [5.74, 6) is 2.27. The van der Waals surface area contributed by atoms with E-state index < -0.39 is 0 Å². The highest BCUT2D eigenvalue weighted by Gasteiger charge is 2.19. The first-order valence-corrected chi connectivity index (χ1v) is 9.08. The highest BCUT2D eigenvalue weighted by atomic mass is 16.5. The molecular formula is C21H21N5O3. The summed E-state index contributed by atoms with van der Waals surface area (Å²) in [7, 11) is 3.12. The van der Waals surface area contributed by atoms with Crippen molar-refractivity contribution in [3.63, 3.8) is 0 Å². The predicted octanol–water partition coefficient (Wildman–Crippen LogP) is 3.04. The Kier molecular flexibility index (Phi) is 5.15. The number of ether oxygens (including phenoxy) is 3. The quantitative estimate of drug-likeness (QED) is 0.484. The molecule has 4 rings (SSSR count). The Labute approximate surface area is 167 Å². The highest BCUT2D eigenvalue weighted by molar-refractivity contribution is 5.97. The highest BCUT2D eigenvalue weighted by Crippen LogP contribution is 2.40. The molecule has 0 bridgehead atoms. The summed E-state index contributed by atoms with van der Waals surface area (Å²) >= 11 is 0. The van der Waals surface area contributed by atoms with Gasteiger partial charge in [-0.05, 0) is 12.1 Å². The number of aromatic nitrogens is 4. The average Bonchev–Trinajstić information content (AvgIpc) is 3.29. The summed E-state index contributed by atoms with van der Waals surface area (Å²) in [6, 6.07) is 11.4. The van der Waals surface area contributed by atoms with Gasteiger partial charge in [0, 0.05) is 30.3 Å². The monoisotopic (exact) mass is 391 g/mol. The second-order valence-corrected chi connectivity index (χ2v) is 6.27. The summed E-state index contributed by atoms with van der Waals surface area (Å²) in [6.45, 7) is 0.438. The van der Waals surface area contributed by atoms with Crippen LogP contribution in [-0.2, 0) is 6.42 Å². The first kappa shape index (κ1) is 18.5. The van der Waals surface area contributed by atoms with Crippen LogP contribution in [0.15, 0.2) is 55.1 Å². The number of hydrogen-bond donors (Lipinski definition) is 1. The Hall–Kier alpha value is -3.81. The molecule has 0 saturated heterocycles. The number of nitrogens with zero attached hydrogens (tertiary/aromatic N) is 4. The van der Waals surface area contributed by atoms with E-state index in [1.165, 1.54) is 0 Å². The fourth-order valence-electron chi connectivity index (χ4n) is 3.17. The lowest BCUT2D eigenvalue weighted by atomic mass is 10.1. The molecule has 0 aliphatic heterocycles. The van der Waals surface area contributed by atoms with Crippen molar-refractivity contribution in [2.45, 2.75) is 6.42 Å². The molecule has 0 unspecified atom stereocenters. The summed E-state index contributed by atoms with van der Waals surface area (Å²) in [5.41, 5.74) is 8.27. The second-order valence-electron chi connectivity index (χ2n) is 6.27. The van der Waals surface area contributed by atoms with Crippen molar-refractivity contribution >= 4 is 16.6 Å². The van der Waals surface area contributed by atoms with E-state index in [2.05, 4.69) is 9.97 Å². The van der Waals surface area contributed by atoms with Crippen molar-refractivity contribution in [2.75, 3.05) is 26.6 Å². The number of nitrogen functional groups attached to an aromatic ring is 1. The van der Waals surface area contributed by atoms with Gasteiger partial charge in [-0.1, -0.05) is 18.2 Å². The van der Waals surface area contributed by atoms with Crippen molar-refractivity contribution in [3.05, 3.63) is 60.8 Å². The number of anilines is 1. The molecule has 4 aromatic rings. The van der Waals surface area contributed by atoms with Crippen molar-refractivity contribution in [2.24, 2.45) is 0 Å². The molecule has 0 spiro atoms. The first-order valence-electron chi connectivity index (χ1n) is 9.08. The van der Waals surface area contributed by atoms with E-state index in [1.54, 1.807) is 43.6 Å².